The fraction of sp³-hybridized carbons (Fsp3) is 1.00. The third kappa shape index (κ3) is 2.59. The zero-order chi connectivity index (χ0) is 11.1. The molecule has 0 saturated carbocycles. The Morgan fingerprint density at radius 2 is 1.62 bits per heavy atom. The van der Waals surface area contributed by atoms with Crippen molar-refractivity contribution in [2.75, 3.05) is 0 Å². The van der Waals surface area contributed by atoms with E-state index in [-0.39, 0.29) is 0 Å². The second kappa shape index (κ2) is 3.15. The van der Waals surface area contributed by atoms with Crippen molar-refractivity contribution >= 4 is 10.1 Å². The summed E-state index contributed by atoms with van der Waals surface area (Å²) in [6.07, 6.45) is 0. The molecule has 0 aliphatic carbocycles. The highest BCUT2D eigenvalue weighted by molar-refractivity contribution is 7.87. The Balaban J connectivity index is 5.09. The number of hydrogen-bond donors (Lipinski definition) is 5. The summed E-state index contributed by atoms with van der Waals surface area (Å²) in [5.74, 6) is -4.94. The lowest BCUT2D eigenvalue weighted by molar-refractivity contribution is -0.343. The maximum Gasteiger partial charge on any atom is 0.284 e. The van der Waals surface area contributed by atoms with Crippen molar-refractivity contribution in [3.8, 4) is 0 Å². The minimum atomic E-state index is -4.69. The van der Waals surface area contributed by atoms with E-state index >= 15 is 0 Å². The summed E-state index contributed by atoms with van der Waals surface area (Å²) in [4.78, 5) is -2.34. The Bertz CT molecular complexity index is 276. The minimum absolute atomic E-state index is 0.852. The SMILES string of the molecule is CC(C(O)(O)O)C(C)(N)S(=O)(=O)O. The first-order valence-corrected chi connectivity index (χ1v) is 4.77. The van der Waals surface area contributed by atoms with E-state index in [4.69, 9.17) is 25.6 Å². The predicted octanol–water partition coefficient (Wildman–Crippen LogP) is -2.18. The van der Waals surface area contributed by atoms with Gasteiger partial charge < -0.3 is 21.1 Å². The van der Waals surface area contributed by atoms with Crippen molar-refractivity contribution in [1.29, 1.82) is 0 Å². The molecule has 0 fully saturated rings. The minimum Gasteiger partial charge on any atom is -0.343 e. The van der Waals surface area contributed by atoms with Crippen molar-refractivity contribution < 1.29 is 28.3 Å². The molecule has 2 atom stereocenters. The quantitative estimate of drug-likeness (QED) is 0.266. The molecule has 7 nitrogen and oxygen atoms in total. The molecule has 80 valence electrons. The van der Waals surface area contributed by atoms with Crippen LogP contribution in [-0.4, -0.2) is 39.1 Å². The fourth-order valence-electron chi connectivity index (χ4n) is 0.608. The van der Waals surface area contributed by atoms with Crippen LogP contribution in [0.3, 0.4) is 0 Å². The van der Waals surface area contributed by atoms with Crippen molar-refractivity contribution in [1.82, 2.24) is 0 Å². The van der Waals surface area contributed by atoms with E-state index in [1.165, 1.54) is 0 Å². The van der Waals surface area contributed by atoms with Crippen LogP contribution in [0, 0.1) is 5.92 Å². The van der Waals surface area contributed by atoms with Gasteiger partial charge in [0, 0.05) is 0 Å². The lowest BCUT2D eigenvalue weighted by Gasteiger charge is -2.33. The smallest absolute Gasteiger partial charge is 0.284 e. The average Bonchev–Trinajstić information content (AvgIpc) is 1.81. The van der Waals surface area contributed by atoms with Gasteiger partial charge in [-0.15, -0.1) is 0 Å². The van der Waals surface area contributed by atoms with Crippen molar-refractivity contribution in [2.45, 2.75) is 24.7 Å². The molecular weight excluding hydrogens is 202 g/mol. The number of rotatable bonds is 3. The Morgan fingerprint density at radius 3 is 1.69 bits per heavy atom. The molecule has 0 spiro atoms. The van der Waals surface area contributed by atoms with Crippen LogP contribution in [0.15, 0.2) is 0 Å². The molecule has 0 radical (unpaired) electrons. The second-order valence-corrected chi connectivity index (χ2v) is 4.90. The molecule has 0 saturated heterocycles. The van der Waals surface area contributed by atoms with Crippen molar-refractivity contribution in [2.24, 2.45) is 11.7 Å². The summed E-state index contributed by atoms with van der Waals surface area (Å²) in [7, 11) is -4.69. The van der Waals surface area contributed by atoms with Gasteiger partial charge in [-0.1, -0.05) is 6.92 Å². The Hall–Kier alpha value is -0.250. The number of hydrogen-bond acceptors (Lipinski definition) is 6. The lowest BCUT2D eigenvalue weighted by Crippen LogP contribution is -2.58. The highest BCUT2D eigenvalue weighted by Gasteiger charge is 2.48. The fourth-order valence-corrected chi connectivity index (χ4v) is 1.21. The maximum atomic E-state index is 10.6. The van der Waals surface area contributed by atoms with E-state index < -0.39 is 26.9 Å². The molecule has 2 unspecified atom stereocenters. The third-order valence-corrected chi connectivity index (χ3v) is 3.46. The van der Waals surface area contributed by atoms with Crippen LogP contribution < -0.4 is 5.73 Å². The zero-order valence-corrected chi connectivity index (χ0v) is 7.98. The Kier molecular flexibility index (Phi) is 3.09. The Morgan fingerprint density at radius 1 is 1.31 bits per heavy atom. The molecule has 0 bridgehead atoms. The van der Waals surface area contributed by atoms with Crippen LogP contribution in [0.5, 0.6) is 0 Å². The zero-order valence-electron chi connectivity index (χ0n) is 7.17. The summed E-state index contributed by atoms with van der Waals surface area (Å²) in [6.45, 7) is 1.82. The van der Waals surface area contributed by atoms with Crippen molar-refractivity contribution in [3.63, 3.8) is 0 Å². The normalized spacial score (nSPS) is 20.8. The number of nitrogens with two attached hydrogens (primary N) is 1. The molecule has 0 aromatic rings. The molecule has 0 amide bonds. The lowest BCUT2D eigenvalue weighted by atomic mass is 10.0. The van der Waals surface area contributed by atoms with Crippen molar-refractivity contribution in [3.05, 3.63) is 0 Å². The van der Waals surface area contributed by atoms with E-state index in [9.17, 15) is 8.42 Å². The van der Waals surface area contributed by atoms with Gasteiger partial charge in [0.1, 0.15) is 0 Å². The molecule has 0 heterocycles. The molecule has 0 rings (SSSR count). The van der Waals surface area contributed by atoms with Crippen LogP contribution in [0.2, 0.25) is 0 Å². The molecule has 8 heteroatoms. The second-order valence-electron chi connectivity index (χ2n) is 3.07. The molecule has 0 aliphatic rings. The largest absolute Gasteiger partial charge is 0.343 e. The topological polar surface area (TPSA) is 141 Å². The van der Waals surface area contributed by atoms with E-state index in [0.717, 1.165) is 13.8 Å². The van der Waals surface area contributed by atoms with Gasteiger partial charge in [0.15, 0.2) is 4.87 Å². The highest BCUT2D eigenvalue weighted by Crippen LogP contribution is 2.26. The summed E-state index contributed by atoms with van der Waals surface area (Å²) >= 11 is 0. The van der Waals surface area contributed by atoms with E-state index in [1.807, 2.05) is 0 Å². The van der Waals surface area contributed by atoms with Gasteiger partial charge in [-0.05, 0) is 6.92 Å². The van der Waals surface area contributed by atoms with Crippen LogP contribution >= 0.6 is 0 Å². The first-order chi connectivity index (χ1) is 5.40. The van der Waals surface area contributed by atoms with E-state index in [1.54, 1.807) is 0 Å². The molecular formula is C5H13NO6S. The predicted molar refractivity (Wildman–Crippen MR) is 42.7 cm³/mol. The van der Waals surface area contributed by atoms with Crippen LogP contribution in [0.1, 0.15) is 13.8 Å². The summed E-state index contributed by atoms with van der Waals surface area (Å²) in [5, 5.41) is 25.9. The first kappa shape index (κ1) is 12.8. The van der Waals surface area contributed by atoms with Gasteiger partial charge in [-0.25, -0.2) is 0 Å². The summed E-state index contributed by atoms with van der Waals surface area (Å²) in [6, 6.07) is 0. The van der Waals surface area contributed by atoms with Gasteiger partial charge in [0.2, 0.25) is 0 Å². The van der Waals surface area contributed by atoms with Gasteiger partial charge in [-0.2, -0.15) is 8.42 Å². The van der Waals surface area contributed by atoms with Gasteiger partial charge in [0.05, 0.1) is 5.92 Å². The number of aliphatic hydroxyl groups is 3. The van der Waals surface area contributed by atoms with Crippen LogP contribution in [0.4, 0.5) is 0 Å². The standard InChI is InChI=1S/C5H13NO6S/c1-3(5(7,8)9)4(2,6)13(10,11)12/h3,7-9H,6H2,1-2H3,(H,10,11,12). The molecule has 0 aliphatic heterocycles. The Labute approximate surface area is 75.6 Å². The molecule has 0 aromatic carbocycles. The third-order valence-electron chi connectivity index (χ3n) is 2.00. The summed E-state index contributed by atoms with van der Waals surface area (Å²) in [5.41, 5.74) is 5.11. The highest BCUT2D eigenvalue weighted by atomic mass is 32.2. The molecule has 6 N–H and O–H groups in total. The van der Waals surface area contributed by atoms with E-state index in [0.29, 0.717) is 0 Å². The van der Waals surface area contributed by atoms with Gasteiger partial charge >= 0.3 is 0 Å². The van der Waals surface area contributed by atoms with Crippen LogP contribution in [-0.2, 0) is 10.1 Å². The first-order valence-electron chi connectivity index (χ1n) is 3.33. The molecule has 0 aromatic heterocycles. The summed E-state index contributed by atoms with van der Waals surface area (Å²) < 4.78 is 29.9. The van der Waals surface area contributed by atoms with Gasteiger partial charge in [-0.3, -0.25) is 4.55 Å². The average molecular weight is 215 g/mol. The monoisotopic (exact) mass is 215 g/mol. The van der Waals surface area contributed by atoms with E-state index in [2.05, 4.69) is 0 Å². The van der Waals surface area contributed by atoms with Crippen LogP contribution in [0.25, 0.3) is 0 Å². The van der Waals surface area contributed by atoms with Gasteiger partial charge in [0.25, 0.3) is 16.1 Å². The molecule has 13 heavy (non-hydrogen) atoms. The maximum absolute atomic E-state index is 10.6.